The van der Waals surface area contributed by atoms with Crippen LogP contribution in [0.2, 0.25) is 0 Å². The van der Waals surface area contributed by atoms with Crippen molar-refractivity contribution < 1.29 is 14.3 Å². The highest BCUT2D eigenvalue weighted by Crippen LogP contribution is 2.16. The predicted molar refractivity (Wildman–Crippen MR) is 105 cm³/mol. The molecule has 0 atom stereocenters. The molecule has 27 heavy (non-hydrogen) atoms. The van der Waals surface area contributed by atoms with Gasteiger partial charge in [-0.25, -0.2) is 0 Å². The molecule has 1 heterocycles. The molecule has 5 nitrogen and oxygen atoms in total. The summed E-state index contributed by atoms with van der Waals surface area (Å²) >= 11 is 0. The van der Waals surface area contributed by atoms with Crippen LogP contribution in [0.3, 0.4) is 0 Å². The van der Waals surface area contributed by atoms with Gasteiger partial charge in [0.1, 0.15) is 11.4 Å². The number of carbonyl (C=O) groups is 2. The molecule has 0 aromatic heterocycles. The van der Waals surface area contributed by atoms with E-state index >= 15 is 0 Å². The van der Waals surface area contributed by atoms with E-state index in [1.165, 1.54) is 0 Å². The summed E-state index contributed by atoms with van der Waals surface area (Å²) in [4.78, 5) is 27.4. The second-order valence-electron chi connectivity index (χ2n) is 6.50. The van der Waals surface area contributed by atoms with Crippen LogP contribution in [0.5, 0.6) is 5.75 Å². The van der Waals surface area contributed by atoms with E-state index in [0.29, 0.717) is 5.56 Å². The number of amides is 2. The Morgan fingerprint density at radius 1 is 0.963 bits per heavy atom. The van der Waals surface area contributed by atoms with E-state index in [4.69, 9.17) is 4.74 Å². The summed E-state index contributed by atoms with van der Waals surface area (Å²) in [6.45, 7) is 1.44. The van der Waals surface area contributed by atoms with Crippen LogP contribution >= 0.6 is 0 Å². The summed E-state index contributed by atoms with van der Waals surface area (Å²) in [5, 5.41) is 2.81. The van der Waals surface area contributed by atoms with Crippen molar-refractivity contribution in [1.29, 1.82) is 0 Å². The molecule has 1 N–H and O–H groups in total. The van der Waals surface area contributed by atoms with Gasteiger partial charge in [0.05, 0.1) is 7.11 Å². The van der Waals surface area contributed by atoms with Gasteiger partial charge in [-0.05, 0) is 55.2 Å². The quantitative estimate of drug-likeness (QED) is 0.827. The van der Waals surface area contributed by atoms with Crippen LogP contribution in [0.25, 0.3) is 6.08 Å². The molecule has 0 radical (unpaired) electrons. The number of likely N-dealkylation sites (tertiary alicyclic amines) is 1. The highest BCUT2D eigenvalue weighted by molar-refractivity contribution is 6.05. The Bertz CT molecular complexity index is 807. The second-order valence-corrected chi connectivity index (χ2v) is 6.50. The number of benzene rings is 2. The van der Waals surface area contributed by atoms with E-state index in [0.717, 1.165) is 43.7 Å². The van der Waals surface area contributed by atoms with E-state index in [-0.39, 0.29) is 17.5 Å². The summed E-state index contributed by atoms with van der Waals surface area (Å²) in [5.74, 6) is 0.305. The molecular weight excluding hydrogens is 340 g/mol. The van der Waals surface area contributed by atoms with Gasteiger partial charge in [0.2, 0.25) is 0 Å². The second kappa shape index (κ2) is 9.03. The van der Waals surface area contributed by atoms with Gasteiger partial charge in [-0.2, -0.15) is 0 Å². The zero-order chi connectivity index (χ0) is 19.1. The molecule has 1 fully saturated rings. The van der Waals surface area contributed by atoms with Gasteiger partial charge in [0.15, 0.2) is 0 Å². The first-order valence-electron chi connectivity index (χ1n) is 9.19. The Hall–Kier alpha value is -3.08. The summed E-state index contributed by atoms with van der Waals surface area (Å²) in [6.07, 6.45) is 4.84. The molecule has 2 aromatic carbocycles. The van der Waals surface area contributed by atoms with Gasteiger partial charge in [-0.1, -0.05) is 30.3 Å². The van der Waals surface area contributed by atoms with Gasteiger partial charge < -0.3 is 15.0 Å². The summed E-state index contributed by atoms with van der Waals surface area (Å²) in [7, 11) is 1.61. The average Bonchev–Trinajstić information content (AvgIpc) is 2.74. The van der Waals surface area contributed by atoms with Crippen LogP contribution in [-0.2, 0) is 4.79 Å². The maximum atomic E-state index is 13.0. The van der Waals surface area contributed by atoms with Crippen molar-refractivity contribution in [3.05, 3.63) is 71.4 Å². The molecule has 1 aliphatic heterocycles. The van der Waals surface area contributed by atoms with Gasteiger partial charge in [-0.15, -0.1) is 0 Å². The van der Waals surface area contributed by atoms with Gasteiger partial charge in [0, 0.05) is 18.7 Å². The van der Waals surface area contributed by atoms with E-state index in [9.17, 15) is 9.59 Å². The number of ether oxygens (including phenoxy) is 1. The Labute approximate surface area is 159 Å². The molecule has 0 unspecified atom stereocenters. The normalized spacial score (nSPS) is 14.6. The van der Waals surface area contributed by atoms with E-state index in [1.807, 2.05) is 35.2 Å². The molecule has 0 spiro atoms. The molecule has 1 saturated heterocycles. The van der Waals surface area contributed by atoms with Crippen LogP contribution in [0.4, 0.5) is 0 Å². The zero-order valence-electron chi connectivity index (χ0n) is 15.5. The number of methoxy groups -OCH3 is 1. The third-order valence-corrected chi connectivity index (χ3v) is 4.58. The molecule has 0 bridgehead atoms. The Kier molecular flexibility index (Phi) is 6.26. The lowest BCUT2D eigenvalue weighted by molar-refractivity contribution is -0.128. The SMILES string of the molecule is COc1ccc(C=C(NC(=O)c2ccccc2)C(=O)N2CCCCC2)cc1. The highest BCUT2D eigenvalue weighted by Gasteiger charge is 2.22. The van der Waals surface area contributed by atoms with Crippen LogP contribution in [-0.4, -0.2) is 36.9 Å². The smallest absolute Gasteiger partial charge is 0.270 e. The Morgan fingerprint density at radius 3 is 2.26 bits per heavy atom. The standard InChI is InChI=1S/C22H24N2O3/c1-27-19-12-10-17(11-13-19)16-20(22(26)24-14-6-3-7-15-24)23-21(25)18-8-4-2-5-9-18/h2,4-5,8-13,16H,3,6-7,14-15H2,1H3,(H,23,25). The molecule has 0 saturated carbocycles. The zero-order valence-corrected chi connectivity index (χ0v) is 15.5. The maximum absolute atomic E-state index is 13.0. The number of piperidine rings is 1. The molecular formula is C22H24N2O3. The van der Waals surface area contributed by atoms with Crippen LogP contribution in [0, 0.1) is 0 Å². The lowest BCUT2D eigenvalue weighted by Crippen LogP contribution is -2.41. The predicted octanol–water partition coefficient (Wildman–Crippen LogP) is 3.48. The van der Waals surface area contributed by atoms with Crippen molar-refractivity contribution in [3.8, 4) is 5.75 Å². The van der Waals surface area contributed by atoms with Crippen molar-refractivity contribution in [1.82, 2.24) is 10.2 Å². The molecule has 2 aromatic rings. The summed E-state index contributed by atoms with van der Waals surface area (Å²) in [6, 6.07) is 16.3. The first-order valence-corrected chi connectivity index (χ1v) is 9.19. The molecule has 1 aliphatic rings. The summed E-state index contributed by atoms with van der Waals surface area (Å²) in [5.41, 5.74) is 1.63. The van der Waals surface area contributed by atoms with Crippen LogP contribution < -0.4 is 10.1 Å². The van der Waals surface area contributed by atoms with Gasteiger partial charge in [0.25, 0.3) is 11.8 Å². The fourth-order valence-corrected chi connectivity index (χ4v) is 3.07. The van der Waals surface area contributed by atoms with Crippen LogP contribution in [0.1, 0.15) is 35.2 Å². The number of rotatable bonds is 5. The highest BCUT2D eigenvalue weighted by atomic mass is 16.5. The minimum atomic E-state index is -0.291. The molecule has 140 valence electrons. The van der Waals surface area contributed by atoms with Crippen molar-refractivity contribution in [2.45, 2.75) is 19.3 Å². The number of nitrogens with one attached hydrogen (secondary N) is 1. The Balaban J connectivity index is 1.86. The maximum Gasteiger partial charge on any atom is 0.270 e. The fraction of sp³-hybridized carbons (Fsp3) is 0.273. The molecule has 0 aliphatic carbocycles. The third kappa shape index (κ3) is 4.97. The Morgan fingerprint density at radius 2 is 1.63 bits per heavy atom. The van der Waals surface area contributed by atoms with Crippen molar-refractivity contribution in [2.24, 2.45) is 0 Å². The number of hydrogen-bond acceptors (Lipinski definition) is 3. The lowest BCUT2D eigenvalue weighted by atomic mass is 10.1. The molecule has 3 rings (SSSR count). The lowest BCUT2D eigenvalue weighted by Gasteiger charge is -2.27. The fourth-order valence-electron chi connectivity index (χ4n) is 3.07. The molecule has 5 heteroatoms. The van der Waals surface area contributed by atoms with Crippen molar-refractivity contribution in [3.63, 3.8) is 0 Å². The summed E-state index contributed by atoms with van der Waals surface area (Å²) < 4.78 is 5.17. The van der Waals surface area contributed by atoms with Crippen molar-refractivity contribution >= 4 is 17.9 Å². The minimum Gasteiger partial charge on any atom is -0.497 e. The number of hydrogen-bond donors (Lipinski definition) is 1. The van der Waals surface area contributed by atoms with Crippen LogP contribution in [0.15, 0.2) is 60.3 Å². The minimum absolute atomic E-state index is 0.144. The van der Waals surface area contributed by atoms with Gasteiger partial charge in [-0.3, -0.25) is 9.59 Å². The number of nitrogens with zero attached hydrogens (tertiary/aromatic N) is 1. The number of carbonyl (C=O) groups excluding carboxylic acids is 2. The van der Waals surface area contributed by atoms with Crippen molar-refractivity contribution in [2.75, 3.05) is 20.2 Å². The third-order valence-electron chi connectivity index (χ3n) is 4.58. The topological polar surface area (TPSA) is 58.6 Å². The monoisotopic (exact) mass is 364 g/mol. The largest absolute Gasteiger partial charge is 0.497 e. The van der Waals surface area contributed by atoms with Gasteiger partial charge >= 0.3 is 0 Å². The van der Waals surface area contributed by atoms with E-state index in [2.05, 4.69) is 5.32 Å². The van der Waals surface area contributed by atoms with E-state index < -0.39 is 0 Å². The first kappa shape index (κ1) is 18.7. The first-order chi connectivity index (χ1) is 13.2. The average molecular weight is 364 g/mol. The molecule has 2 amide bonds. The van der Waals surface area contributed by atoms with E-state index in [1.54, 1.807) is 37.5 Å².